The zero-order chi connectivity index (χ0) is 13.9. The lowest BCUT2D eigenvalue weighted by molar-refractivity contribution is 0.0428. The van der Waals surface area contributed by atoms with Crippen LogP contribution in [0.2, 0.25) is 0 Å². The van der Waals surface area contributed by atoms with Crippen LogP contribution in [-0.4, -0.2) is 16.1 Å². The van der Waals surface area contributed by atoms with Crippen molar-refractivity contribution in [3.05, 3.63) is 46.4 Å². The maximum absolute atomic E-state index is 11.8. The van der Waals surface area contributed by atoms with Crippen molar-refractivity contribution in [1.82, 2.24) is 10.1 Å². The molecule has 0 saturated heterocycles. The Morgan fingerprint density at radius 1 is 1.45 bits per heavy atom. The molecule has 3 heterocycles. The van der Waals surface area contributed by atoms with Crippen molar-refractivity contribution in [3.8, 4) is 11.4 Å². The van der Waals surface area contributed by atoms with E-state index >= 15 is 0 Å². The first kappa shape index (κ1) is 12.6. The number of thiophene rings is 1. The zero-order valence-electron chi connectivity index (χ0n) is 10.5. The van der Waals surface area contributed by atoms with E-state index in [0.29, 0.717) is 17.1 Å². The van der Waals surface area contributed by atoms with Crippen molar-refractivity contribution in [2.24, 2.45) is 0 Å². The molecular weight excluding hydrogens is 280 g/mol. The molecule has 0 fully saturated rings. The highest BCUT2D eigenvalue weighted by Gasteiger charge is 2.15. The van der Waals surface area contributed by atoms with Gasteiger partial charge in [0.1, 0.15) is 11.3 Å². The van der Waals surface area contributed by atoms with Crippen LogP contribution >= 0.6 is 11.3 Å². The first-order chi connectivity index (χ1) is 9.74. The summed E-state index contributed by atoms with van der Waals surface area (Å²) in [5.74, 6) is 0.767. The summed E-state index contributed by atoms with van der Waals surface area (Å²) < 4.78 is 15.2. The number of aryl methyl sites for hydroxylation is 1. The second-order valence-corrected chi connectivity index (χ2v) is 4.77. The molecule has 3 aromatic heterocycles. The summed E-state index contributed by atoms with van der Waals surface area (Å²) in [4.78, 5) is 15.9. The minimum Gasteiger partial charge on any atom is -0.469 e. The van der Waals surface area contributed by atoms with E-state index in [9.17, 15) is 4.79 Å². The fraction of sp³-hybridized carbons (Fsp3) is 0.154. The molecule has 0 radical (unpaired) electrons. The summed E-state index contributed by atoms with van der Waals surface area (Å²) >= 11 is 1.54. The molecule has 0 atom stereocenters. The van der Waals surface area contributed by atoms with Crippen LogP contribution in [0.25, 0.3) is 11.4 Å². The number of furan rings is 1. The quantitative estimate of drug-likeness (QED) is 0.687. The van der Waals surface area contributed by atoms with Crippen LogP contribution in [0, 0.1) is 6.92 Å². The van der Waals surface area contributed by atoms with Crippen molar-refractivity contribution in [1.29, 1.82) is 0 Å². The van der Waals surface area contributed by atoms with E-state index in [1.54, 1.807) is 24.3 Å². The Labute approximate surface area is 118 Å². The molecule has 0 bridgehead atoms. The number of carbonyl (C=O) groups is 1. The maximum Gasteiger partial charge on any atom is 0.342 e. The van der Waals surface area contributed by atoms with E-state index in [0.717, 1.165) is 5.56 Å². The second-order valence-electron chi connectivity index (χ2n) is 3.99. The predicted molar refractivity (Wildman–Crippen MR) is 70.2 cm³/mol. The van der Waals surface area contributed by atoms with Gasteiger partial charge < -0.3 is 13.7 Å². The van der Waals surface area contributed by atoms with Crippen LogP contribution in [0.5, 0.6) is 0 Å². The maximum atomic E-state index is 11.8. The Kier molecular flexibility index (Phi) is 3.34. The third-order valence-electron chi connectivity index (χ3n) is 2.65. The van der Waals surface area contributed by atoms with Gasteiger partial charge in [0.05, 0.1) is 6.26 Å². The molecule has 6 nitrogen and oxygen atoms in total. The molecule has 0 amide bonds. The van der Waals surface area contributed by atoms with Gasteiger partial charge in [0.2, 0.25) is 5.82 Å². The number of ether oxygens (including phenoxy) is 1. The van der Waals surface area contributed by atoms with E-state index in [1.165, 1.54) is 6.26 Å². The first-order valence-corrected chi connectivity index (χ1v) is 6.74. The number of nitrogens with zero attached hydrogens (tertiary/aromatic N) is 2. The van der Waals surface area contributed by atoms with Crippen LogP contribution in [-0.2, 0) is 11.3 Å². The molecule has 0 N–H and O–H groups in total. The standard InChI is InChI=1S/C13H10N2O4S/c1-8-10(2-4-17-8)13(16)18-6-11-14-12(15-19-11)9-3-5-20-7-9/h2-5,7H,6H2,1H3. The summed E-state index contributed by atoms with van der Waals surface area (Å²) in [6.45, 7) is 1.62. The molecule has 0 aliphatic heterocycles. The smallest absolute Gasteiger partial charge is 0.342 e. The van der Waals surface area contributed by atoms with Gasteiger partial charge in [-0.2, -0.15) is 16.3 Å². The molecule has 0 unspecified atom stereocenters. The van der Waals surface area contributed by atoms with Crippen LogP contribution in [0.3, 0.4) is 0 Å². The second kappa shape index (κ2) is 5.30. The van der Waals surface area contributed by atoms with Gasteiger partial charge in [-0.05, 0) is 24.4 Å². The summed E-state index contributed by atoms with van der Waals surface area (Å²) in [6.07, 6.45) is 1.44. The molecule has 0 saturated carbocycles. The highest BCUT2D eigenvalue weighted by Crippen LogP contribution is 2.19. The van der Waals surface area contributed by atoms with Crippen molar-refractivity contribution in [3.63, 3.8) is 0 Å². The molecule has 0 spiro atoms. The highest BCUT2D eigenvalue weighted by molar-refractivity contribution is 7.08. The van der Waals surface area contributed by atoms with Gasteiger partial charge in [-0.1, -0.05) is 5.16 Å². The van der Waals surface area contributed by atoms with Crippen molar-refractivity contribution < 1.29 is 18.5 Å². The van der Waals surface area contributed by atoms with Crippen LogP contribution in [0.15, 0.2) is 38.1 Å². The fourth-order valence-electron chi connectivity index (χ4n) is 1.62. The Morgan fingerprint density at radius 3 is 3.05 bits per heavy atom. The number of aromatic nitrogens is 2. The molecule has 102 valence electrons. The number of hydrogen-bond acceptors (Lipinski definition) is 7. The normalized spacial score (nSPS) is 10.7. The largest absolute Gasteiger partial charge is 0.469 e. The third-order valence-corrected chi connectivity index (χ3v) is 3.34. The van der Waals surface area contributed by atoms with Gasteiger partial charge >= 0.3 is 5.97 Å². The predicted octanol–water partition coefficient (Wildman–Crippen LogP) is 3.06. The van der Waals surface area contributed by atoms with E-state index in [4.69, 9.17) is 13.7 Å². The monoisotopic (exact) mass is 290 g/mol. The zero-order valence-corrected chi connectivity index (χ0v) is 11.3. The molecule has 0 aliphatic rings. The Balaban J connectivity index is 1.65. The van der Waals surface area contributed by atoms with Gasteiger partial charge in [-0.25, -0.2) is 4.79 Å². The average Bonchev–Trinajstić information content (AvgIpc) is 3.16. The average molecular weight is 290 g/mol. The Hall–Kier alpha value is -2.41. The molecule has 0 aliphatic carbocycles. The van der Waals surface area contributed by atoms with Gasteiger partial charge in [0.25, 0.3) is 5.89 Å². The third kappa shape index (κ3) is 2.48. The first-order valence-electron chi connectivity index (χ1n) is 5.80. The van der Waals surface area contributed by atoms with Gasteiger partial charge in [0, 0.05) is 10.9 Å². The SMILES string of the molecule is Cc1occc1C(=O)OCc1nc(-c2ccsc2)no1. The summed E-state index contributed by atoms with van der Waals surface area (Å²) in [7, 11) is 0. The Morgan fingerprint density at radius 2 is 2.35 bits per heavy atom. The highest BCUT2D eigenvalue weighted by atomic mass is 32.1. The molecule has 20 heavy (non-hydrogen) atoms. The van der Waals surface area contributed by atoms with Crippen LogP contribution < -0.4 is 0 Å². The van der Waals surface area contributed by atoms with E-state index in [-0.39, 0.29) is 12.5 Å². The van der Waals surface area contributed by atoms with Gasteiger partial charge in [0.15, 0.2) is 6.61 Å². The number of rotatable bonds is 4. The number of carbonyl (C=O) groups excluding carboxylic acids is 1. The molecule has 3 rings (SSSR count). The van der Waals surface area contributed by atoms with Crippen LogP contribution in [0.4, 0.5) is 0 Å². The summed E-state index contributed by atoms with van der Waals surface area (Å²) in [6, 6.07) is 3.45. The minimum atomic E-state index is -0.480. The summed E-state index contributed by atoms with van der Waals surface area (Å²) in [5.41, 5.74) is 1.27. The van der Waals surface area contributed by atoms with Crippen molar-refractivity contribution >= 4 is 17.3 Å². The van der Waals surface area contributed by atoms with Gasteiger partial charge in [-0.3, -0.25) is 0 Å². The summed E-state index contributed by atoms with van der Waals surface area (Å²) in [5, 5.41) is 7.66. The lowest BCUT2D eigenvalue weighted by atomic mass is 10.3. The van der Waals surface area contributed by atoms with Crippen molar-refractivity contribution in [2.45, 2.75) is 13.5 Å². The number of esters is 1. The van der Waals surface area contributed by atoms with E-state index < -0.39 is 5.97 Å². The fourth-order valence-corrected chi connectivity index (χ4v) is 2.26. The molecular formula is C13H10N2O4S. The lowest BCUT2D eigenvalue weighted by Gasteiger charge is -1.99. The Bertz CT molecular complexity index is 714. The molecule has 0 aromatic carbocycles. The van der Waals surface area contributed by atoms with E-state index in [2.05, 4.69) is 10.1 Å². The molecule has 3 aromatic rings. The van der Waals surface area contributed by atoms with E-state index in [1.807, 2.05) is 16.8 Å². The van der Waals surface area contributed by atoms with Crippen LogP contribution in [0.1, 0.15) is 22.0 Å². The topological polar surface area (TPSA) is 78.4 Å². The van der Waals surface area contributed by atoms with Crippen molar-refractivity contribution in [2.75, 3.05) is 0 Å². The lowest BCUT2D eigenvalue weighted by Crippen LogP contribution is -2.05. The van der Waals surface area contributed by atoms with Gasteiger partial charge in [-0.15, -0.1) is 0 Å². The minimum absolute atomic E-state index is 0.0689. The molecule has 7 heteroatoms. The number of hydrogen-bond donors (Lipinski definition) is 0.